The molecule has 0 aliphatic carbocycles. The van der Waals surface area contributed by atoms with Crippen LogP contribution in [0.2, 0.25) is 0 Å². The Kier molecular flexibility index (Phi) is 3.35. The first-order valence-corrected chi connectivity index (χ1v) is 7.10. The van der Waals surface area contributed by atoms with Crippen molar-refractivity contribution in [3.63, 3.8) is 0 Å². The minimum atomic E-state index is 0.653. The van der Waals surface area contributed by atoms with Crippen LogP contribution in [0.15, 0.2) is 6.33 Å². The number of nitrogens with zero attached hydrogens (tertiary/aromatic N) is 4. The van der Waals surface area contributed by atoms with Gasteiger partial charge in [-0.05, 0) is 39.7 Å². The Hall–Kier alpha value is -0.940. The molecule has 100 valence electrons. The van der Waals surface area contributed by atoms with E-state index in [1.54, 1.807) is 0 Å². The molecule has 1 aromatic rings. The maximum Gasteiger partial charge on any atom is 0.146 e. The molecular formula is C13H23N5. The van der Waals surface area contributed by atoms with E-state index < -0.39 is 0 Å². The first-order valence-electron chi connectivity index (χ1n) is 7.10. The van der Waals surface area contributed by atoms with Crippen molar-refractivity contribution in [2.45, 2.75) is 63.8 Å². The topological polar surface area (TPSA) is 46.0 Å². The fourth-order valence-electron chi connectivity index (χ4n) is 3.49. The van der Waals surface area contributed by atoms with Crippen LogP contribution in [-0.4, -0.2) is 44.8 Å². The lowest BCUT2D eigenvalue weighted by atomic mass is 9.98. The van der Waals surface area contributed by atoms with Crippen LogP contribution >= 0.6 is 0 Å². The molecule has 3 rings (SSSR count). The molecule has 3 heterocycles. The van der Waals surface area contributed by atoms with Gasteiger partial charge in [-0.3, -0.25) is 0 Å². The van der Waals surface area contributed by atoms with Gasteiger partial charge < -0.3 is 14.8 Å². The van der Waals surface area contributed by atoms with Crippen LogP contribution in [0.25, 0.3) is 0 Å². The van der Waals surface area contributed by atoms with Crippen LogP contribution in [-0.2, 0) is 13.1 Å². The molecule has 0 aromatic carbocycles. The summed E-state index contributed by atoms with van der Waals surface area (Å²) in [6.07, 6.45) is 7.14. The molecule has 2 saturated heterocycles. The number of piperidine rings is 1. The molecule has 2 bridgehead atoms. The van der Waals surface area contributed by atoms with E-state index in [2.05, 4.69) is 39.0 Å². The van der Waals surface area contributed by atoms with Gasteiger partial charge >= 0.3 is 0 Å². The Bertz CT molecular complexity index is 388. The smallest absolute Gasteiger partial charge is 0.146 e. The highest BCUT2D eigenvalue weighted by Crippen LogP contribution is 2.34. The second-order valence-corrected chi connectivity index (χ2v) is 5.63. The normalized spacial score (nSPS) is 32.0. The zero-order valence-corrected chi connectivity index (χ0v) is 11.3. The van der Waals surface area contributed by atoms with Gasteiger partial charge in [0.1, 0.15) is 12.2 Å². The van der Waals surface area contributed by atoms with Gasteiger partial charge in [0.05, 0.1) is 6.54 Å². The van der Waals surface area contributed by atoms with Crippen molar-refractivity contribution in [1.29, 1.82) is 0 Å². The molecule has 0 radical (unpaired) electrons. The number of fused-ring (bicyclic) bond motifs is 2. The van der Waals surface area contributed by atoms with Crippen molar-refractivity contribution in [3.8, 4) is 0 Å². The number of hydrogen-bond acceptors (Lipinski definition) is 4. The SMILES string of the molecule is CCn1cnnc1CNC1CC2CCC(C1)N2C. The number of aryl methyl sites for hydroxylation is 1. The Morgan fingerprint density at radius 3 is 2.72 bits per heavy atom. The lowest BCUT2D eigenvalue weighted by Gasteiger charge is -2.36. The van der Waals surface area contributed by atoms with E-state index in [1.807, 2.05) is 6.33 Å². The molecule has 2 aliphatic rings. The number of rotatable bonds is 4. The summed E-state index contributed by atoms with van der Waals surface area (Å²) >= 11 is 0. The molecule has 0 amide bonds. The van der Waals surface area contributed by atoms with Crippen molar-refractivity contribution in [2.75, 3.05) is 7.05 Å². The highest BCUT2D eigenvalue weighted by molar-refractivity contribution is 4.97. The Morgan fingerprint density at radius 1 is 1.33 bits per heavy atom. The predicted molar refractivity (Wildman–Crippen MR) is 70.1 cm³/mol. The summed E-state index contributed by atoms with van der Waals surface area (Å²) in [5, 5.41) is 11.8. The molecule has 2 atom stereocenters. The van der Waals surface area contributed by atoms with E-state index in [1.165, 1.54) is 25.7 Å². The summed E-state index contributed by atoms with van der Waals surface area (Å²) in [7, 11) is 2.28. The quantitative estimate of drug-likeness (QED) is 0.865. The minimum absolute atomic E-state index is 0.653. The van der Waals surface area contributed by atoms with Crippen LogP contribution in [0.4, 0.5) is 0 Å². The summed E-state index contributed by atoms with van der Waals surface area (Å²) in [6.45, 7) is 3.92. The molecule has 2 fully saturated rings. The highest BCUT2D eigenvalue weighted by Gasteiger charge is 2.38. The zero-order valence-electron chi connectivity index (χ0n) is 11.3. The van der Waals surface area contributed by atoms with Crippen molar-refractivity contribution in [1.82, 2.24) is 25.0 Å². The van der Waals surface area contributed by atoms with Gasteiger partial charge in [-0.25, -0.2) is 0 Å². The molecule has 0 spiro atoms. The van der Waals surface area contributed by atoms with Crippen molar-refractivity contribution in [3.05, 3.63) is 12.2 Å². The van der Waals surface area contributed by atoms with Gasteiger partial charge in [-0.2, -0.15) is 0 Å². The maximum absolute atomic E-state index is 4.18. The summed E-state index contributed by atoms with van der Waals surface area (Å²) in [6, 6.07) is 2.25. The molecule has 2 aliphatic heterocycles. The van der Waals surface area contributed by atoms with Crippen molar-refractivity contribution >= 4 is 0 Å². The Balaban J connectivity index is 1.55. The van der Waals surface area contributed by atoms with Gasteiger partial charge in [0.15, 0.2) is 0 Å². The number of aromatic nitrogens is 3. The minimum Gasteiger partial charge on any atom is -0.317 e. The van der Waals surface area contributed by atoms with Crippen LogP contribution in [0.5, 0.6) is 0 Å². The lowest BCUT2D eigenvalue weighted by molar-refractivity contribution is 0.147. The molecule has 18 heavy (non-hydrogen) atoms. The number of hydrogen-bond donors (Lipinski definition) is 1. The molecule has 1 aromatic heterocycles. The van der Waals surface area contributed by atoms with Gasteiger partial charge in [0.2, 0.25) is 0 Å². The van der Waals surface area contributed by atoms with Gasteiger partial charge in [-0.15, -0.1) is 10.2 Å². The number of nitrogens with one attached hydrogen (secondary N) is 1. The van der Waals surface area contributed by atoms with E-state index in [0.29, 0.717) is 6.04 Å². The monoisotopic (exact) mass is 249 g/mol. The van der Waals surface area contributed by atoms with Crippen LogP contribution in [0.1, 0.15) is 38.4 Å². The van der Waals surface area contributed by atoms with Gasteiger partial charge in [-0.1, -0.05) is 0 Å². The second-order valence-electron chi connectivity index (χ2n) is 5.63. The average molecular weight is 249 g/mol. The fourth-order valence-corrected chi connectivity index (χ4v) is 3.49. The van der Waals surface area contributed by atoms with E-state index in [0.717, 1.165) is 31.0 Å². The third-order valence-electron chi connectivity index (χ3n) is 4.68. The van der Waals surface area contributed by atoms with E-state index >= 15 is 0 Å². The van der Waals surface area contributed by atoms with Gasteiger partial charge in [0, 0.05) is 24.7 Å². The molecular weight excluding hydrogens is 226 g/mol. The van der Waals surface area contributed by atoms with Crippen LogP contribution in [0, 0.1) is 0 Å². The van der Waals surface area contributed by atoms with Crippen molar-refractivity contribution in [2.24, 2.45) is 0 Å². The first kappa shape index (κ1) is 12.1. The fraction of sp³-hybridized carbons (Fsp3) is 0.846. The summed E-state index contributed by atoms with van der Waals surface area (Å²) in [5.41, 5.74) is 0. The third-order valence-corrected chi connectivity index (χ3v) is 4.68. The van der Waals surface area contributed by atoms with Crippen molar-refractivity contribution < 1.29 is 0 Å². The first-order chi connectivity index (χ1) is 8.78. The van der Waals surface area contributed by atoms with E-state index in [9.17, 15) is 0 Å². The Morgan fingerprint density at radius 2 is 2.06 bits per heavy atom. The molecule has 0 saturated carbocycles. The van der Waals surface area contributed by atoms with Crippen LogP contribution < -0.4 is 5.32 Å². The zero-order chi connectivity index (χ0) is 12.5. The molecule has 5 nitrogen and oxygen atoms in total. The molecule has 2 unspecified atom stereocenters. The standard InChI is InChI=1S/C13H23N5/c1-3-18-9-15-16-13(18)8-14-10-6-11-4-5-12(7-10)17(11)2/h9-12,14H,3-8H2,1-2H3. The summed E-state index contributed by atoms with van der Waals surface area (Å²) in [5.74, 6) is 1.06. The summed E-state index contributed by atoms with van der Waals surface area (Å²) in [4.78, 5) is 2.58. The average Bonchev–Trinajstić information content (AvgIpc) is 2.89. The third kappa shape index (κ3) is 2.17. The maximum atomic E-state index is 4.18. The van der Waals surface area contributed by atoms with Gasteiger partial charge in [0.25, 0.3) is 0 Å². The second kappa shape index (κ2) is 4.97. The van der Waals surface area contributed by atoms with E-state index in [4.69, 9.17) is 0 Å². The molecule has 1 N–H and O–H groups in total. The Labute approximate surface area is 109 Å². The van der Waals surface area contributed by atoms with E-state index in [-0.39, 0.29) is 0 Å². The van der Waals surface area contributed by atoms with Crippen LogP contribution in [0.3, 0.4) is 0 Å². The largest absolute Gasteiger partial charge is 0.317 e. The summed E-state index contributed by atoms with van der Waals surface area (Å²) < 4.78 is 2.11. The predicted octanol–water partition coefficient (Wildman–Crippen LogP) is 1.01. The highest BCUT2D eigenvalue weighted by atomic mass is 15.3. The lowest BCUT2D eigenvalue weighted by Crippen LogP contribution is -2.47. The molecule has 5 heteroatoms.